The molecule has 0 N–H and O–H groups in total. The maximum atomic E-state index is 13.0. The Labute approximate surface area is 191 Å². The van der Waals surface area contributed by atoms with Gasteiger partial charge in [-0.2, -0.15) is 4.98 Å². The maximum Gasteiger partial charge on any atom is 0.241 e. The maximum absolute atomic E-state index is 13.0. The smallest absolute Gasteiger partial charge is 0.241 e. The van der Waals surface area contributed by atoms with E-state index in [2.05, 4.69) is 15.0 Å². The Morgan fingerprint density at radius 1 is 1.13 bits per heavy atom. The van der Waals surface area contributed by atoms with Gasteiger partial charge in [0.1, 0.15) is 0 Å². The van der Waals surface area contributed by atoms with Gasteiger partial charge in [0.05, 0.1) is 12.5 Å². The van der Waals surface area contributed by atoms with Gasteiger partial charge in [0.15, 0.2) is 0 Å². The number of piperidine rings is 1. The molecule has 1 unspecified atom stereocenters. The van der Waals surface area contributed by atoms with Crippen molar-refractivity contribution in [2.45, 2.75) is 25.9 Å². The Morgan fingerprint density at radius 3 is 2.52 bits per heavy atom. The largest absolute Gasteiger partial charge is 0.341 e. The lowest BCUT2D eigenvalue weighted by atomic mass is 9.96. The molecule has 3 aromatic rings. The summed E-state index contributed by atoms with van der Waals surface area (Å²) in [5.74, 6) is 1.21. The van der Waals surface area contributed by atoms with Gasteiger partial charge in [0.2, 0.25) is 17.6 Å². The molecule has 2 heterocycles. The second-order valence-electron chi connectivity index (χ2n) is 7.91. The normalized spacial score (nSPS) is 16.9. The molecule has 0 aliphatic carbocycles. The molecule has 8 heteroatoms. The molecule has 1 saturated heterocycles. The highest BCUT2D eigenvalue weighted by Gasteiger charge is 2.29. The number of aromatic nitrogens is 2. The van der Waals surface area contributed by atoms with E-state index < -0.39 is 0 Å². The van der Waals surface area contributed by atoms with Crippen LogP contribution in [0.1, 0.15) is 24.3 Å². The standard InChI is InChI=1S/C23H24Cl2N4O2/c1-28(13-16-4-8-19(24)9-5-16)23(30)18-3-2-12-29(14-18)15-21-26-22(27-31-21)17-6-10-20(25)11-7-17/h4-11,18H,2-3,12-15H2,1H3. The van der Waals surface area contributed by atoms with Crippen LogP contribution in [0.5, 0.6) is 0 Å². The van der Waals surface area contributed by atoms with Crippen molar-refractivity contribution in [1.29, 1.82) is 0 Å². The second kappa shape index (κ2) is 9.81. The predicted molar refractivity (Wildman–Crippen MR) is 121 cm³/mol. The minimum absolute atomic E-state index is 0.0373. The van der Waals surface area contributed by atoms with Gasteiger partial charge in [0.25, 0.3) is 0 Å². The number of carbonyl (C=O) groups is 1. The zero-order valence-corrected chi connectivity index (χ0v) is 18.8. The van der Waals surface area contributed by atoms with Crippen molar-refractivity contribution in [2.24, 2.45) is 5.92 Å². The average Bonchev–Trinajstić information content (AvgIpc) is 3.24. The quantitative estimate of drug-likeness (QED) is 0.524. The van der Waals surface area contributed by atoms with E-state index in [0.717, 1.165) is 30.5 Å². The van der Waals surface area contributed by atoms with Crippen LogP contribution in [0.4, 0.5) is 0 Å². The molecule has 6 nitrogen and oxygen atoms in total. The highest BCUT2D eigenvalue weighted by Crippen LogP contribution is 2.23. The molecule has 1 aliphatic heterocycles. The molecule has 31 heavy (non-hydrogen) atoms. The first kappa shape index (κ1) is 21.8. The van der Waals surface area contributed by atoms with Gasteiger partial charge in [-0.3, -0.25) is 9.69 Å². The average molecular weight is 459 g/mol. The molecule has 1 aromatic heterocycles. The minimum atomic E-state index is -0.0373. The lowest BCUT2D eigenvalue weighted by Crippen LogP contribution is -2.43. The van der Waals surface area contributed by atoms with Crippen molar-refractivity contribution in [2.75, 3.05) is 20.1 Å². The molecule has 1 atom stereocenters. The van der Waals surface area contributed by atoms with Gasteiger partial charge >= 0.3 is 0 Å². The fourth-order valence-electron chi connectivity index (χ4n) is 3.88. The van der Waals surface area contributed by atoms with Crippen molar-refractivity contribution in [1.82, 2.24) is 19.9 Å². The number of carbonyl (C=O) groups excluding carboxylic acids is 1. The van der Waals surface area contributed by atoms with Crippen LogP contribution in [0.15, 0.2) is 53.1 Å². The number of benzene rings is 2. The number of amides is 1. The van der Waals surface area contributed by atoms with Gasteiger partial charge in [-0.05, 0) is 61.3 Å². The molecule has 162 valence electrons. The molecule has 1 amide bonds. The summed E-state index contributed by atoms with van der Waals surface area (Å²) in [4.78, 5) is 21.5. The van der Waals surface area contributed by atoms with Gasteiger partial charge < -0.3 is 9.42 Å². The summed E-state index contributed by atoms with van der Waals surface area (Å²) in [7, 11) is 1.85. The van der Waals surface area contributed by atoms with Crippen LogP contribution in [-0.4, -0.2) is 46.0 Å². The Bertz CT molecular complexity index is 1020. The minimum Gasteiger partial charge on any atom is -0.341 e. The summed E-state index contributed by atoms with van der Waals surface area (Å²) < 4.78 is 5.44. The van der Waals surface area contributed by atoms with E-state index in [0.29, 0.717) is 41.4 Å². The summed E-state index contributed by atoms with van der Waals surface area (Å²) in [6.45, 7) is 2.69. The van der Waals surface area contributed by atoms with Crippen LogP contribution in [0.2, 0.25) is 10.0 Å². The van der Waals surface area contributed by atoms with E-state index in [1.165, 1.54) is 0 Å². The predicted octanol–water partition coefficient (Wildman–Crippen LogP) is 4.91. The second-order valence-corrected chi connectivity index (χ2v) is 8.79. The summed E-state index contributed by atoms with van der Waals surface area (Å²) in [5, 5.41) is 5.44. The van der Waals surface area contributed by atoms with E-state index in [-0.39, 0.29) is 11.8 Å². The lowest BCUT2D eigenvalue weighted by molar-refractivity contribution is -0.136. The van der Waals surface area contributed by atoms with E-state index >= 15 is 0 Å². The van der Waals surface area contributed by atoms with Crippen LogP contribution in [0.25, 0.3) is 11.4 Å². The van der Waals surface area contributed by atoms with E-state index in [1.54, 1.807) is 17.0 Å². The van der Waals surface area contributed by atoms with Gasteiger partial charge in [-0.1, -0.05) is 40.5 Å². The third-order valence-electron chi connectivity index (χ3n) is 5.49. The Morgan fingerprint density at radius 2 is 1.81 bits per heavy atom. The Balaban J connectivity index is 1.34. The SMILES string of the molecule is CN(Cc1ccc(Cl)cc1)C(=O)C1CCCN(Cc2nc(-c3ccc(Cl)cc3)no2)C1. The van der Waals surface area contributed by atoms with Crippen LogP contribution in [0.3, 0.4) is 0 Å². The molecule has 4 rings (SSSR count). The summed E-state index contributed by atoms with van der Waals surface area (Å²) >= 11 is 11.9. The lowest BCUT2D eigenvalue weighted by Gasteiger charge is -2.33. The molecule has 0 spiro atoms. The highest BCUT2D eigenvalue weighted by molar-refractivity contribution is 6.30. The number of nitrogens with zero attached hydrogens (tertiary/aromatic N) is 4. The zero-order valence-electron chi connectivity index (χ0n) is 17.3. The van der Waals surface area contributed by atoms with Crippen LogP contribution in [-0.2, 0) is 17.9 Å². The van der Waals surface area contributed by atoms with E-state index in [9.17, 15) is 4.79 Å². The summed E-state index contributed by atoms with van der Waals surface area (Å²) in [6.07, 6.45) is 1.85. The van der Waals surface area contributed by atoms with Gasteiger partial charge in [-0.25, -0.2) is 0 Å². The zero-order chi connectivity index (χ0) is 21.8. The highest BCUT2D eigenvalue weighted by atomic mass is 35.5. The summed E-state index contributed by atoms with van der Waals surface area (Å²) in [5.41, 5.74) is 1.92. The molecular formula is C23H24Cl2N4O2. The van der Waals surface area contributed by atoms with Crippen molar-refractivity contribution in [3.8, 4) is 11.4 Å². The summed E-state index contributed by atoms with van der Waals surface area (Å²) in [6, 6.07) is 14.9. The molecule has 1 aliphatic rings. The first-order chi connectivity index (χ1) is 15.0. The molecule has 0 saturated carbocycles. The number of hydrogen-bond acceptors (Lipinski definition) is 5. The van der Waals surface area contributed by atoms with Gasteiger partial charge in [0, 0.05) is 35.7 Å². The topological polar surface area (TPSA) is 62.5 Å². The van der Waals surface area contributed by atoms with Gasteiger partial charge in [-0.15, -0.1) is 0 Å². The first-order valence-electron chi connectivity index (χ1n) is 10.3. The monoisotopic (exact) mass is 458 g/mol. The van der Waals surface area contributed by atoms with Crippen molar-refractivity contribution in [3.63, 3.8) is 0 Å². The van der Waals surface area contributed by atoms with E-state index in [1.807, 2.05) is 43.4 Å². The van der Waals surface area contributed by atoms with Crippen molar-refractivity contribution < 1.29 is 9.32 Å². The Hall–Kier alpha value is -2.41. The number of rotatable bonds is 6. The molecular weight excluding hydrogens is 435 g/mol. The third-order valence-corrected chi connectivity index (χ3v) is 6.00. The van der Waals surface area contributed by atoms with Crippen LogP contribution in [0, 0.1) is 5.92 Å². The van der Waals surface area contributed by atoms with Crippen molar-refractivity contribution in [3.05, 3.63) is 70.0 Å². The van der Waals surface area contributed by atoms with Crippen LogP contribution < -0.4 is 0 Å². The fraction of sp³-hybridized carbons (Fsp3) is 0.348. The number of likely N-dealkylation sites (tertiary alicyclic amines) is 1. The molecule has 0 radical (unpaired) electrons. The number of halogens is 2. The number of hydrogen-bond donors (Lipinski definition) is 0. The molecule has 1 fully saturated rings. The third kappa shape index (κ3) is 5.64. The van der Waals surface area contributed by atoms with Crippen LogP contribution >= 0.6 is 23.2 Å². The fourth-order valence-corrected chi connectivity index (χ4v) is 4.13. The first-order valence-corrected chi connectivity index (χ1v) is 11.0. The molecule has 0 bridgehead atoms. The van der Waals surface area contributed by atoms with E-state index in [4.69, 9.17) is 27.7 Å². The molecule has 2 aromatic carbocycles. The Kier molecular flexibility index (Phi) is 6.90. The van der Waals surface area contributed by atoms with Crippen molar-refractivity contribution >= 4 is 29.1 Å².